The van der Waals surface area contributed by atoms with E-state index in [4.69, 9.17) is 14.2 Å². The first-order chi connectivity index (χ1) is 16.4. The summed E-state index contributed by atoms with van der Waals surface area (Å²) in [4.78, 5) is 28.8. The summed E-state index contributed by atoms with van der Waals surface area (Å²) in [6.07, 6.45) is 3.60. The van der Waals surface area contributed by atoms with Crippen LogP contribution in [0.3, 0.4) is 0 Å². The van der Waals surface area contributed by atoms with Crippen molar-refractivity contribution in [2.45, 2.75) is 26.7 Å². The first-order valence-electron chi connectivity index (χ1n) is 11.2. The van der Waals surface area contributed by atoms with Crippen molar-refractivity contribution in [3.05, 3.63) is 89.5 Å². The average molecular weight is 460 g/mol. The highest BCUT2D eigenvalue weighted by atomic mass is 16.5. The quantitative estimate of drug-likeness (QED) is 0.155. The minimum absolute atomic E-state index is 0.320. The number of hydrogen-bond acceptors (Lipinski definition) is 6. The zero-order valence-corrected chi connectivity index (χ0v) is 19.7. The molecule has 0 unspecified atom stereocenters. The van der Waals surface area contributed by atoms with E-state index in [2.05, 4.69) is 18.8 Å². The molecule has 34 heavy (non-hydrogen) atoms. The van der Waals surface area contributed by atoms with Gasteiger partial charge in [0.1, 0.15) is 11.5 Å². The highest BCUT2D eigenvalue weighted by Crippen LogP contribution is 2.18. The van der Waals surface area contributed by atoms with E-state index < -0.39 is 5.97 Å². The van der Waals surface area contributed by atoms with Crippen LogP contribution in [0.5, 0.6) is 11.5 Å². The Kier molecular flexibility index (Phi) is 8.97. The second-order valence-electron chi connectivity index (χ2n) is 8.16. The molecule has 3 aromatic rings. The second kappa shape index (κ2) is 12.3. The Bertz CT molecular complexity index is 1100. The van der Waals surface area contributed by atoms with E-state index in [0.717, 1.165) is 18.4 Å². The third-order valence-corrected chi connectivity index (χ3v) is 5.04. The van der Waals surface area contributed by atoms with Gasteiger partial charge in [-0.1, -0.05) is 13.8 Å². The van der Waals surface area contributed by atoms with E-state index in [1.165, 1.54) is 0 Å². The molecule has 0 saturated heterocycles. The lowest BCUT2D eigenvalue weighted by Crippen LogP contribution is -2.08. The first kappa shape index (κ1) is 24.7. The number of methoxy groups -OCH3 is 1. The summed E-state index contributed by atoms with van der Waals surface area (Å²) in [5, 5.41) is 0. The van der Waals surface area contributed by atoms with Gasteiger partial charge in [-0.3, -0.25) is 4.99 Å². The fraction of sp³-hybridized carbons (Fsp3) is 0.250. The lowest BCUT2D eigenvalue weighted by atomic mass is 10.1. The summed E-state index contributed by atoms with van der Waals surface area (Å²) in [6, 6.07) is 20.7. The van der Waals surface area contributed by atoms with E-state index >= 15 is 0 Å². The van der Waals surface area contributed by atoms with Crippen LogP contribution in [0.2, 0.25) is 0 Å². The molecule has 0 heterocycles. The van der Waals surface area contributed by atoms with Gasteiger partial charge in [0, 0.05) is 6.21 Å². The van der Waals surface area contributed by atoms with Crippen molar-refractivity contribution < 1.29 is 23.8 Å². The number of carbonyl (C=O) groups excluding carboxylic acids is 2. The monoisotopic (exact) mass is 459 g/mol. The summed E-state index contributed by atoms with van der Waals surface area (Å²) in [5.74, 6) is 0.948. The zero-order valence-electron chi connectivity index (χ0n) is 19.7. The summed E-state index contributed by atoms with van der Waals surface area (Å²) >= 11 is 0. The van der Waals surface area contributed by atoms with Crippen molar-refractivity contribution in [2.75, 3.05) is 13.7 Å². The van der Waals surface area contributed by atoms with Gasteiger partial charge in [-0.05, 0) is 97.1 Å². The molecule has 3 aromatic carbocycles. The molecular formula is C28H29NO5. The van der Waals surface area contributed by atoms with E-state index in [-0.39, 0.29) is 5.97 Å². The van der Waals surface area contributed by atoms with Crippen molar-refractivity contribution in [1.29, 1.82) is 0 Å². The lowest BCUT2D eigenvalue weighted by molar-refractivity contribution is 0.0494. The van der Waals surface area contributed by atoms with Gasteiger partial charge in [0.15, 0.2) is 0 Å². The summed E-state index contributed by atoms with van der Waals surface area (Å²) in [7, 11) is 1.57. The second-order valence-corrected chi connectivity index (χ2v) is 8.16. The van der Waals surface area contributed by atoms with Crippen LogP contribution in [0, 0.1) is 5.92 Å². The SMILES string of the molecule is COc1ccc(C(=O)Oc2ccc(C=Nc3ccc(C(=O)OCCCC(C)C)cc3)cc2)cc1. The summed E-state index contributed by atoms with van der Waals surface area (Å²) in [6.45, 7) is 4.73. The molecule has 0 bridgehead atoms. The average Bonchev–Trinajstić information content (AvgIpc) is 2.86. The molecule has 6 heteroatoms. The molecule has 176 valence electrons. The van der Waals surface area contributed by atoms with Gasteiger partial charge in [-0.25, -0.2) is 9.59 Å². The Hall–Kier alpha value is -3.93. The molecule has 0 saturated carbocycles. The van der Waals surface area contributed by atoms with Crippen molar-refractivity contribution >= 4 is 23.8 Å². The van der Waals surface area contributed by atoms with Crippen LogP contribution in [0.15, 0.2) is 77.8 Å². The first-order valence-corrected chi connectivity index (χ1v) is 11.2. The number of rotatable bonds is 10. The summed E-state index contributed by atoms with van der Waals surface area (Å²) in [5.41, 5.74) is 2.50. The normalized spacial score (nSPS) is 10.9. The molecular weight excluding hydrogens is 430 g/mol. The fourth-order valence-corrected chi connectivity index (χ4v) is 3.09. The fourth-order valence-electron chi connectivity index (χ4n) is 3.09. The molecule has 0 spiro atoms. The maximum absolute atomic E-state index is 12.3. The predicted octanol–water partition coefficient (Wildman–Crippen LogP) is 6.26. The largest absolute Gasteiger partial charge is 0.497 e. The molecule has 0 aliphatic heterocycles. The van der Waals surface area contributed by atoms with Gasteiger partial charge in [0.2, 0.25) is 0 Å². The predicted molar refractivity (Wildman–Crippen MR) is 132 cm³/mol. The number of carbonyl (C=O) groups is 2. The molecule has 0 aromatic heterocycles. The standard InChI is InChI=1S/C28H29NO5/c1-20(2)5-4-18-33-27(30)22-8-12-24(13-9-22)29-19-21-6-14-26(15-7-21)34-28(31)23-10-16-25(32-3)17-11-23/h6-17,19-20H,4-5,18H2,1-3H3. The number of ether oxygens (including phenoxy) is 3. The third kappa shape index (κ3) is 7.59. The van der Waals surface area contributed by atoms with Crippen molar-refractivity contribution in [3.8, 4) is 11.5 Å². The maximum Gasteiger partial charge on any atom is 0.343 e. The third-order valence-electron chi connectivity index (χ3n) is 5.04. The van der Waals surface area contributed by atoms with Crippen LogP contribution >= 0.6 is 0 Å². The Labute approximate surface area is 200 Å². The molecule has 0 fully saturated rings. The van der Waals surface area contributed by atoms with Crippen molar-refractivity contribution in [2.24, 2.45) is 10.9 Å². The van der Waals surface area contributed by atoms with Gasteiger partial charge in [0.25, 0.3) is 0 Å². The molecule has 0 N–H and O–H groups in total. The molecule has 0 aliphatic carbocycles. The Balaban J connectivity index is 1.51. The number of hydrogen-bond donors (Lipinski definition) is 0. The van der Waals surface area contributed by atoms with Gasteiger partial charge in [-0.2, -0.15) is 0 Å². The zero-order chi connectivity index (χ0) is 24.3. The lowest BCUT2D eigenvalue weighted by Gasteiger charge is -2.06. The molecule has 0 amide bonds. The Morgan fingerprint density at radius 1 is 0.824 bits per heavy atom. The smallest absolute Gasteiger partial charge is 0.343 e. The van der Waals surface area contributed by atoms with Crippen LogP contribution < -0.4 is 9.47 Å². The van der Waals surface area contributed by atoms with E-state index in [9.17, 15) is 9.59 Å². The molecule has 0 aliphatic rings. The Morgan fingerprint density at radius 3 is 2.03 bits per heavy atom. The Morgan fingerprint density at radius 2 is 1.41 bits per heavy atom. The molecule has 0 radical (unpaired) electrons. The minimum Gasteiger partial charge on any atom is -0.497 e. The van der Waals surface area contributed by atoms with E-state index in [1.54, 1.807) is 74.0 Å². The van der Waals surface area contributed by atoms with Crippen molar-refractivity contribution in [1.82, 2.24) is 0 Å². The van der Waals surface area contributed by atoms with Gasteiger partial charge in [0.05, 0.1) is 30.5 Å². The van der Waals surface area contributed by atoms with Gasteiger partial charge < -0.3 is 14.2 Å². The highest BCUT2D eigenvalue weighted by molar-refractivity contribution is 5.91. The van der Waals surface area contributed by atoms with Crippen LogP contribution in [-0.2, 0) is 4.74 Å². The van der Waals surface area contributed by atoms with Crippen LogP contribution in [-0.4, -0.2) is 31.9 Å². The molecule has 6 nitrogen and oxygen atoms in total. The highest BCUT2D eigenvalue weighted by Gasteiger charge is 2.09. The van der Waals surface area contributed by atoms with E-state index in [1.807, 2.05) is 12.1 Å². The van der Waals surface area contributed by atoms with Crippen molar-refractivity contribution in [3.63, 3.8) is 0 Å². The topological polar surface area (TPSA) is 74.2 Å². The summed E-state index contributed by atoms with van der Waals surface area (Å²) < 4.78 is 15.8. The number of nitrogens with zero attached hydrogens (tertiary/aromatic N) is 1. The number of esters is 2. The van der Waals surface area contributed by atoms with E-state index in [0.29, 0.717) is 40.8 Å². The molecule has 3 rings (SSSR count). The number of aliphatic imine (C=N–C) groups is 1. The number of benzene rings is 3. The van der Waals surface area contributed by atoms with Crippen LogP contribution in [0.4, 0.5) is 5.69 Å². The van der Waals surface area contributed by atoms with Gasteiger partial charge in [-0.15, -0.1) is 0 Å². The van der Waals surface area contributed by atoms with Crippen LogP contribution in [0.1, 0.15) is 53.0 Å². The minimum atomic E-state index is -0.442. The maximum atomic E-state index is 12.3. The van der Waals surface area contributed by atoms with Gasteiger partial charge >= 0.3 is 11.9 Å². The van der Waals surface area contributed by atoms with Crippen LogP contribution in [0.25, 0.3) is 0 Å². The molecule has 0 atom stereocenters.